The molecule has 0 aromatic heterocycles. The second kappa shape index (κ2) is 12.4. The molecule has 1 aliphatic rings. The summed E-state index contributed by atoms with van der Waals surface area (Å²) in [7, 11) is 3.48. The molecule has 0 atom stereocenters. The molecule has 1 fully saturated rings. The van der Waals surface area contributed by atoms with Crippen LogP contribution in [-0.2, 0) is 11.3 Å². The highest BCUT2D eigenvalue weighted by Crippen LogP contribution is 2.34. The molecule has 0 spiro atoms. The Bertz CT molecular complexity index is 572. The molecule has 0 radical (unpaired) electrons. The first kappa shape index (κ1) is 21.4. The summed E-state index contributed by atoms with van der Waals surface area (Å²) in [5.41, 5.74) is 1.08. The molecule has 2 rings (SSSR count). The van der Waals surface area contributed by atoms with Gasteiger partial charge in [0.15, 0.2) is 17.5 Å². The van der Waals surface area contributed by atoms with Gasteiger partial charge >= 0.3 is 0 Å². The summed E-state index contributed by atoms with van der Waals surface area (Å²) in [6.45, 7) is 5.12. The second-order valence-corrected chi connectivity index (χ2v) is 6.73. The Hall–Kier alpha value is -1.95. The van der Waals surface area contributed by atoms with E-state index in [1.54, 1.807) is 14.2 Å². The van der Waals surface area contributed by atoms with E-state index in [0.717, 1.165) is 68.5 Å². The maximum Gasteiger partial charge on any atom is 0.191 e. The predicted octanol–water partition coefficient (Wildman–Crippen LogP) is 3.50. The summed E-state index contributed by atoms with van der Waals surface area (Å²) >= 11 is 0. The van der Waals surface area contributed by atoms with Gasteiger partial charge in [0.2, 0.25) is 0 Å². The van der Waals surface area contributed by atoms with Crippen LogP contribution in [0.25, 0.3) is 0 Å². The molecule has 27 heavy (non-hydrogen) atoms. The van der Waals surface area contributed by atoms with Crippen molar-refractivity contribution in [3.63, 3.8) is 0 Å². The van der Waals surface area contributed by atoms with Crippen molar-refractivity contribution in [2.45, 2.75) is 58.1 Å². The Labute approximate surface area is 163 Å². The average Bonchev–Trinajstić information content (AvgIpc) is 3.21. The van der Waals surface area contributed by atoms with Crippen molar-refractivity contribution in [3.05, 3.63) is 23.8 Å². The van der Waals surface area contributed by atoms with Crippen LogP contribution in [0, 0.1) is 0 Å². The number of benzene rings is 1. The summed E-state index contributed by atoms with van der Waals surface area (Å²) in [6.07, 6.45) is 7.12. The molecule has 0 unspecified atom stereocenters. The molecule has 2 N–H and O–H groups in total. The second-order valence-electron chi connectivity index (χ2n) is 6.73. The zero-order valence-electron chi connectivity index (χ0n) is 17.1. The number of nitrogens with one attached hydrogen (secondary N) is 2. The Balaban J connectivity index is 1.87. The molecular formula is C21H35N3O3. The minimum Gasteiger partial charge on any atom is -0.493 e. The summed E-state index contributed by atoms with van der Waals surface area (Å²) in [4.78, 5) is 4.30. The number of hydrogen-bond donors (Lipinski definition) is 2. The largest absolute Gasteiger partial charge is 0.493 e. The minimum absolute atomic E-state index is 0.294. The van der Waals surface area contributed by atoms with Crippen molar-refractivity contribution in [2.24, 2.45) is 4.99 Å². The summed E-state index contributed by atoms with van der Waals surface area (Å²) in [5, 5.41) is 6.73. The van der Waals surface area contributed by atoms with Crippen LogP contribution in [0.2, 0.25) is 0 Å². The van der Waals surface area contributed by atoms with Gasteiger partial charge in [-0.2, -0.15) is 0 Å². The zero-order chi connectivity index (χ0) is 19.3. The van der Waals surface area contributed by atoms with Crippen LogP contribution in [0.5, 0.6) is 11.5 Å². The first-order valence-electron chi connectivity index (χ1n) is 10.1. The normalized spacial score (nSPS) is 15.0. The average molecular weight is 378 g/mol. The third-order valence-corrected chi connectivity index (χ3v) is 4.75. The molecular weight excluding hydrogens is 342 g/mol. The van der Waals surface area contributed by atoms with Gasteiger partial charge in [-0.25, -0.2) is 0 Å². The fourth-order valence-electron chi connectivity index (χ4n) is 3.25. The van der Waals surface area contributed by atoms with Crippen molar-refractivity contribution in [1.29, 1.82) is 0 Å². The van der Waals surface area contributed by atoms with Gasteiger partial charge in [0.1, 0.15) is 0 Å². The van der Waals surface area contributed by atoms with E-state index >= 15 is 0 Å². The molecule has 1 aromatic carbocycles. The Morgan fingerprint density at radius 2 is 2.00 bits per heavy atom. The smallest absolute Gasteiger partial charge is 0.191 e. The van der Waals surface area contributed by atoms with E-state index in [4.69, 9.17) is 14.2 Å². The molecule has 0 aliphatic heterocycles. The molecule has 1 aromatic rings. The summed E-state index contributed by atoms with van der Waals surface area (Å²) < 4.78 is 17.2. The van der Waals surface area contributed by atoms with E-state index in [1.165, 1.54) is 12.8 Å². The van der Waals surface area contributed by atoms with Crippen LogP contribution in [-0.4, -0.2) is 46.0 Å². The Morgan fingerprint density at radius 1 is 1.19 bits per heavy atom. The number of methoxy groups -OCH3 is 1. The van der Waals surface area contributed by atoms with Crippen molar-refractivity contribution in [2.75, 3.05) is 33.9 Å². The van der Waals surface area contributed by atoms with Gasteiger partial charge in [-0.05, 0) is 51.5 Å². The van der Waals surface area contributed by atoms with Crippen molar-refractivity contribution >= 4 is 5.96 Å². The van der Waals surface area contributed by atoms with Gasteiger partial charge in [0, 0.05) is 38.9 Å². The van der Waals surface area contributed by atoms with Gasteiger partial charge < -0.3 is 24.8 Å². The standard InChI is InChI=1S/C21H35N3O3/c1-4-26-15-8-7-14-23-21(22-2)24-16-17-10-9-13-19(25-3)20(17)27-18-11-5-6-12-18/h9-10,13,18H,4-8,11-12,14-16H2,1-3H3,(H2,22,23,24). The molecule has 0 amide bonds. The van der Waals surface area contributed by atoms with Gasteiger partial charge in [-0.3, -0.25) is 4.99 Å². The fourth-order valence-corrected chi connectivity index (χ4v) is 3.25. The van der Waals surface area contributed by atoms with E-state index < -0.39 is 0 Å². The number of guanidine groups is 1. The van der Waals surface area contributed by atoms with Gasteiger partial charge in [-0.15, -0.1) is 0 Å². The maximum atomic E-state index is 6.29. The number of para-hydroxylation sites is 1. The van der Waals surface area contributed by atoms with Gasteiger partial charge in [0.25, 0.3) is 0 Å². The van der Waals surface area contributed by atoms with E-state index in [2.05, 4.69) is 21.7 Å². The van der Waals surface area contributed by atoms with Crippen LogP contribution in [0.4, 0.5) is 0 Å². The third kappa shape index (κ3) is 7.29. The highest BCUT2D eigenvalue weighted by Gasteiger charge is 2.20. The number of aliphatic imine (C=N–C) groups is 1. The number of rotatable bonds is 11. The molecule has 0 bridgehead atoms. The third-order valence-electron chi connectivity index (χ3n) is 4.75. The highest BCUT2D eigenvalue weighted by molar-refractivity contribution is 5.79. The lowest BCUT2D eigenvalue weighted by atomic mass is 10.1. The van der Waals surface area contributed by atoms with Crippen LogP contribution in [0.1, 0.15) is 51.0 Å². The quantitative estimate of drug-likeness (QED) is 0.351. The molecule has 152 valence electrons. The lowest BCUT2D eigenvalue weighted by molar-refractivity contribution is 0.143. The van der Waals surface area contributed by atoms with Gasteiger partial charge in [0.05, 0.1) is 13.2 Å². The SMILES string of the molecule is CCOCCCCNC(=NC)NCc1cccc(OC)c1OC1CCCC1. The van der Waals surface area contributed by atoms with Crippen LogP contribution in [0.15, 0.2) is 23.2 Å². The number of unbranched alkanes of at least 4 members (excludes halogenated alkanes) is 1. The van der Waals surface area contributed by atoms with Crippen molar-refractivity contribution < 1.29 is 14.2 Å². The van der Waals surface area contributed by atoms with E-state index in [9.17, 15) is 0 Å². The molecule has 0 saturated heterocycles. The number of hydrogen-bond acceptors (Lipinski definition) is 4. The van der Waals surface area contributed by atoms with Crippen LogP contribution >= 0.6 is 0 Å². The molecule has 0 heterocycles. The maximum absolute atomic E-state index is 6.29. The lowest BCUT2D eigenvalue weighted by Crippen LogP contribution is -2.37. The Morgan fingerprint density at radius 3 is 2.70 bits per heavy atom. The van der Waals surface area contributed by atoms with E-state index in [1.807, 2.05) is 19.1 Å². The van der Waals surface area contributed by atoms with Crippen LogP contribution < -0.4 is 20.1 Å². The molecule has 6 heteroatoms. The number of ether oxygens (including phenoxy) is 3. The fraction of sp³-hybridized carbons (Fsp3) is 0.667. The lowest BCUT2D eigenvalue weighted by Gasteiger charge is -2.20. The predicted molar refractivity (Wildman–Crippen MR) is 110 cm³/mol. The van der Waals surface area contributed by atoms with E-state index in [-0.39, 0.29) is 0 Å². The van der Waals surface area contributed by atoms with Gasteiger partial charge in [-0.1, -0.05) is 12.1 Å². The zero-order valence-corrected chi connectivity index (χ0v) is 17.1. The Kier molecular flexibility index (Phi) is 9.84. The molecule has 6 nitrogen and oxygen atoms in total. The van der Waals surface area contributed by atoms with E-state index in [0.29, 0.717) is 12.6 Å². The number of nitrogens with zero attached hydrogens (tertiary/aromatic N) is 1. The first-order chi connectivity index (χ1) is 13.3. The first-order valence-corrected chi connectivity index (χ1v) is 10.1. The topological polar surface area (TPSA) is 64.1 Å². The minimum atomic E-state index is 0.294. The van der Waals surface area contributed by atoms with Crippen molar-refractivity contribution in [1.82, 2.24) is 10.6 Å². The van der Waals surface area contributed by atoms with Crippen LogP contribution in [0.3, 0.4) is 0 Å². The molecule has 1 saturated carbocycles. The van der Waals surface area contributed by atoms with Crippen molar-refractivity contribution in [3.8, 4) is 11.5 Å². The summed E-state index contributed by atoms with van der Waals surface area (Å²) in [6, 6.07) is 6.04. The summed E-state index contributed by atoms with van der Waals surface area (Å²) in [5.74, 6) is 2.44. The highest BCUT2D eigenvalue weighted by atomic mass is 16.5. The molecule has 1 aliphatic carbocycles. The monoisotopic (exact) mass is 377 g/mol.